The van der Waals surface area contributed by atoms with Gasteiger partial charge in [0.2, 0.25) is 0 Å². The Morgan fingerprint density at radius 1 is 1.00 bits per heavy atom. The number of halogens is 1. The lowest BCUT2D eigenvalue weighted by atomic mass is 10.3. The highest BCUT2D eigenvalue weighted by molar-refractivity contribution is 6.87. The molecule has 0 rings (SSSR count). The molecule has 82 valence electrons. The van der Waals surface area contributed by atoms with Gasteiger partial charge in [0.15, 0.2) is 0 Å². The fourth-order valence-corrected chi connectivity index (χ4v) is 4.29. The molecule has 0 saturated carbocycles. The van der Waals surface area contributed by atoms with Crippen LogP contribution in [0.2, 0.25) is 18.1 Å². The second kappa shape index (κ2) is 8.38. The Balaban J connectivity index is 4.00. The maximum Gasteiger partial charge on any atom is 0.137 e. The first-order valence-corrected chi connectivity index (χ1v) is 8.96. The van der Waals surface area contributed by atoms with E-state index in [0.717, 1.165) is 25.1 Å². The van der Waals surface area contributed by atoms with E-state index in [4.69, 9.17) is 11.6 Å². The summed E-state index contributed by atoms with van der Waals surface area (Å²) in [6.45, 7) is 6.89. The zero-order valence-corrected chi connectivity index (χ0v) is 11.6. The van der Waals surface area contributed by atoms with E-state index in [2.05, 4.69) is 32.2 Å². The molecule has 0 aliphatic carbocycles. The molecule has 0 aromatic carbocycles. The van der Waals surface area contributed by atoms with Crippen LogP contribution in [0.1, 0.15) is 40.0 Å². The Morgan fingerprint density at radius 3 is 2.00 bits per heavy atom. The minimum absolute atomic E-state index is 0.777. The van der Waals surface area contributed by atoms with E-state index in [1.807, 2.05) is 0 Å². The van der Waals surface area contributed by atoms with Gasteiger partial charge in [-0.1, -0.05) is 20.8 Å². The van der Waals surface area contributed by atoms with E-state index in [0.29, 0.717) is 0 Å². The molecule has 0 atom stereocenters. The number of alkyl halides is 1. The quantitative estimate of drug-likeness (QED) is 0.274. The monoisotopic (exact) mass is 230 g/mol. The zero-order chi connectivity index (χ0) is 10.9. The third-order valence-corrected chi connectivity index (χ3v) is 8.10. The topological polar surface area (TPSA) is 0 Å². The maximum atomic E-state index is 5.61. The average Bonchev–Trinajstić information content (AvgIpc) is 2.24. The van der Waals surface area contributed by atoms with Gasteiger partial charge in [-0.2, -0.15) is 0 Å². The highest BCUT2D eigenvalue weighted by Crippen LogP contribution is 2.18. The molecule has 0 saturated heterocycles. The summed E-state index contributed by atoms with van der Waals surface area (Å²) in [6, 6.07) is 3.92. The van der Waals surface area contributed by atoms with Gasteiger partial charge in [0.05, 0.1) is 0 Å². The first-order valence-electron chi connectivity index (χ1n) is 5.80. The molecule has 0 aromatic heterocycles. The van der Waals surface area contributed by atoms with Gasteiger partial charge in [-0.05, 0) is 31.0 Å². The summed E-state index contributed by atoms with van der Waals surface area (Å²) in [5, 5.41) is 0. The average molecular weight is 231 g/mol. The van der Waals surface area contributed by atoms with Gasteiger partial charge in [-0.3, -0.25) is 0 Å². The highest BCUT2D eigenvalue weighted by atomic mass is 35.5. The van der Waals surface area contributed by atoms with Crippen LogP contribution in [0.15, 0.2) is 0 Å². The summed E-state index contributed by atoms with van der Waals surface area (Å²) >= 11 is 5.61. The van der Waals surface area contributed by atoms with Crippen molar-refractivity contribution < 1.29 is 0 Å². The summed E-state index contributed by atoms with van der Waals surface area (Å²) in [5.41, 5.74) is 3.59. The highest BCUT2D eigenvalue weighted by Gasteiger charge is 2.23. The first-order chi connectivity index (χ1) is 6.74. The number of unbranched alkanes of at least 4 members (excludes halogenated alkanes) is 2. The van der Waals surface area contributed by atoms with Crippen LogP contribution in [-0.2, 0) is 0 Å². The van der Waals surface area contributed by atoms with E-state index in [-0.39, 0.29) is 0 Å². The smallest absolute Gasteiger partial charge is 0.131 e. The molecule has 2 heteroatoms. The van der Waals surface area contributed by atoms with Crippen molar-refractivity contribution in [1.29, 1.82) is 0 Å². The summed E-state index contributed by atoms with van der Waals surface area (Å²) in [4.78, 5) is 0. The third kappa shape index (κ3) is 5.07. The molecule has 0 fully saturated rings. The Morgan fingerprint density at radius 2 is 1.57 bits per heavy atom. The summed E-state index contributed by atoms with van der Waals surface area (Å²) in [6.07, 6.45) is 3.31. The van der Waals surface area contributed by atoms with Crippen molar-refractivity contribution in [1.82, 2.24) is 0 Å². The molecule has 0 aromatic rings. The predicted octanol–water partition coefficient (Wildman–Crippen LogP) is 4.45. The van der Waals surface area contributed by atoms with E-state index in [1.165, 1.54) is 18.1 Å². The van der Waals surface area contributed by atoms with Crippen LogP contribution < -0.4 is 0 Å². The van der Waals surface area contributed by atoms with Crippen LogP contribution in [0.3, 0.4) is 0 Å². The van der Waals surface area contributed by atoms with Crippen LogP contribution in [0.4, 0.5) is 0 Å². The second-order valence-electron chi connectivity index (χ2n) is 3.79. The molecule has 0 nitrogen and oxygen atoms in total. The molecule has 0 amide bonds. The fraction of sp³-hybridized carbons (Fsp3) is 0.833. The summed E-state index contributed by atoms with van der Waals surface area (Å²) < 4.78 is 0. The predicted molar refractivity (Wildman–Crippen MR) is 69.5 cm³/mol. The minimum atomic E-state index is -1.17. The van der Waals surface area contributed by atoms with Crippen LogP contribution in [0.5, 0.6) is 0 Å². The molecule has 0 N–H and O–H groups in total. The van der Waals surface area contributed by atoms with Crippen molar-refractivity contribution >= 4 is 19.7 Å². The molecule has 0 spiro atoms. The molecular formula is C12H23ClSi. The van der Waals surface area contributed by atoms with Gasteiger partial charge in [0.1, 0.15) is 8.07 Å². The van der Waals surface area contributed by atoms with Crippen LogP contribution in [-0.4, -0.2) is 14.0 Å². The molecule has 0 radical (unpaired) electrons. The lowest BCUT2D eigenvalue weighted by Crippen LogP contribution is -2.29. The molecule has 0 aliphatic rings. The molecular weight excluding hydrogens is 208 g/mol. The number of hydrogen-bond acceptors (Lipinski definition) is 0. The molecule has 0 aliphatic heterocycles. The van der Waals surface area contributed by atoms with Crippen molar-refractivity contribution in [2.24, 2.45) is 0 Å². The van der Waals surface area contributed by atoms with Crippen LogP contribution in [0, 0.1) is 11.5 Å². The van der Waals surface area contributed by atoms with Crippen LogP contribution >= 0.6 is 11.6 Å². The third-order valence-electron chi connectivity index (χ3n) is 3.07. The summed E-state index contributed by atoms with van der Waals surface area (Å²) in [5.74, 6) is 4.14. The Labute approximate surface area is 95.4 Å². The van der Waals surface area contributed by atoms with Gasteiger partial charge >= 0.3 is 0 Å². The zero-order valence-electron chi connectivity index (χ0n) is 9.83. The second-order valence-corrected chi connectivity index (χ2v) is 9.10. The lowest BCUT2D eigenvalue weighted by molar-refractivity contribution is 0.833. The van der Waals surface area contributed by atoms with Crippen molar-refractivity contribution in [3.63, 3.8) is 0 Å². The van der Waals surface area contributed by atoms with Crippen molar-refractivity contribution in [3.05, 3.63) is 0 Å². The van der Waals surface area contributed by atoms with Crippen molar-refractivity contribution in [2.75, 3.05) is 5.88 Å². The van der Waals surface area contributed by atoms with Gasteiger partial charge in [0, 0.05) is 12.3 Å². The van der Waals surface area contributed by atoms with Crippen molar-refractivity contribution in [3.8, 4) is 11.5 Å². The largest absolute Gasteiger partial charge is 0.137 e. The normalized spacial score (nSPS) is 10.9. The maximum absolute atomic E-state index is 5.61. The summed E-state index contributed by atoms with van der Waals surface area (Å²) in [7, 11) is -1.17. The van der Waals surface area contributed by atoms with Crippen LogP contribution in [0.25, 0.3) is 0 Å². The SMILES string of the molecule is CC[Si](C#CCCCCCl)(CC)CC. The minimum Gasteiger partial charge on any atom is -0.131 e. The van der Waals surface area contributed by atoms with E-state index in [1.54, 1.807) is 0 Å². The fourth-order valence-electron chi connectivity index (χ4n) is 1.57. The molecule has 14 heavy (non-hydrogen) atoms. The first kappa shape index (κ1) is 14.1. The Hall–Kier alpha value is 0.0669. The van der Waals surface area contributed by atoms with Gasteiger partial charge in [-0.15, -0.1) is 23.1 Å². The molecule has 0 unspecified atom stereocenters. The lowest BCUT2D eigenvalue weighted by Gasteiger charge is -2.20. The number of hydrogen-bond donors (Lipinski definition) is 0. The number of rotatable bonds is 6. The van der Waals surface area contributed by atoms with Crippen molar-refractivity contribution in [2.45, 2.75) is 58.2 Å². The van der Waals surface area contributed by atoms with E-state index < -0.39 is 8.07 Å². The Kier molecular flexibility index (Phi) is 8.42. The van der Waals surface area contributed by atoms with Gasteiger partial charge in [-0.25, -0.2) is 0 Å². The van der Waals surface area contributed by atoms with Gasteiger partial charge in [0.25, 0.3) is 0 Å². The van der Waals surface area contributed by atoms with E-state index in [9.17, 15) is 0 Å². The molecule has 0 heterocycles. The van der Waals surface area contributed by atoms with E-state index >= 15 is 0 Å². The Bertz CT molecular complexity index is 178. The molecule has 0 bridgehead atoms. The standard InChI is InChI=1S/C12H23ClSi/c1-4-14(5-2,6-3)12-10-8-7-9-11-13/h4-9,11H2,1-3H3. The van der Waals surface area contributed by atoms with Gasteiger partial charge < -0.3 is 0 Å².